The van der Waals surface area contributed by atoms with Crippen molar-refractivity contribution in [2.45, 2.75) is 6.10 Å². The highest BCUT2D eigenvalue weighted by atomic mass is 16.6. The Balaban J connectivity index is 1.66. The van der Waals surface area contributed by atoms with Gasteiger partial charge in [-0.2, -0.15) is 0 Å². The third-order valence-electron chi connectivity index (χ3n) is 3.56. The Bertz CT molecular complexity index is 627. The van der Waals surface area contributed by atoms with E-state index in [4.69, 9.17) is 14.2 Å². The van der Waals surface area contributed by atoms with Gasteiger partial charge in [-0.15, -0.1) is 0 Å². The van der Waals surface area contributed by atoms with Crippen LogP contribution in [0.2, 0.25) is 0 Å². The molecule has 1 unspecified atom stereocenters. The summed E-state index contributed by atoms with van der Waals surface area (Å²) in [6.07, 6.45) is 0.0197. The van der Waals surface area contributed by atoms with E-state index in [0.717, 1.165) is 29.5 Å². The molecular formula is C16H15NO3. The molecule has 0 radical (unpaired) electrons. The Morgan fingerprint density at radius 1 is 0.900 bits per heavy atom. The molecule has 0 spiro atoms. The zero-order chi connectivity index (χ0) is 13.4. The van der Waals surface area contributed by atoms with Gasteiger partial charge in [0, 0.05) is 12.1 Å². The van der Waals surface area contributed by atoms with Crippen LogP contribution in [-0.4, -0.2) is 19.8 Å². The van der Waals surface area contributed by atoms with Crippen molar-refractivity contribution in [3.8, 4) is 17.2 Å². The molecule has 102 valence electrons. The summed E-state index contributed by atoms with van der Waals surface area (Å²) >= 11 is 0. The highest BCUT2D eigenvalue weighted by Gasteiger charge is 2.24. The highest BCUT2D eigenvalue weighted by molar-refractivity contribution is 5.66. The smallest absolute Gasteiger partial charge is 0.165 e. The van der Waals surface area contributed by atoms with Crippen molar-refractivity contribution in [3.05, 3.63) is 48.0 Å². The van der Waals surface area contributed by atoms with Gasteiger partial charge < -0.3 is 19.5 Å². The van der Waals surface area contributed by atoms with Crippen molar-refractivity contribution in [1.29, 1.82) is 0 Å². The van der Waals surface area contributed by atoms with Gasteiger partial charge in [-0.1, -0.05) is 30.3 Å². The minimum absolute atomic E-state index is 0.0197. The second-order valence-electron chi connectivity index (χ2n) is 4.89. The van der Waals surface area contributed by atoms with Crippen LogP contribution in [0.1, 0.15) is 11.7 Å². The molecule has 20 heavy (non-hydrogen) atoms. The highest BCUT2D eigenvalue weighted by Crippen LogP contribution is 2.43. The fraction of sp³-hybridized carbons (Fsp3) is 0.250. The SMILES string of the molecule is c1ccc(C2CNc3cc4c(cc3O2)OCCO4)cc1. The molecule has 0 fully saturated rings. The molecule has 0 bridgehead atoms. The third kappa shape index (κ3) is 1.93. The Morgan fingerprint density at radius 3 is 2.45 bits per heavy atom. The van der Waals surface area contributed by atoms with E-state index in [9.17, 15) is 0 Å². The average molecular weight is 269 g/mol. The van der Waals surface area contributed by atoms with E-state index in [0.29, 0.717) is 13.2 Å². The van der Waals surface area contributed by atoms with Gasteiger partial charge in [-0.3, -0.25) is 0 Å². The lowest BCUT2D eigenvalue weighted by Crippen LogP contribution is -2.24. The van der Waals surface area contributed by atoms with Gasteiger partial charge in [0.2, 0.25) is 0 Å². The summed E-state index contributed by atoms with van der Waals surface area (Å²) in [5, 5.41) is 3.40. The Hall–Kier alpha value is -2.36. The minimum atomic E-state index is 0.0197. The van der Waals surface area contributed by atoms with Crippen molar-refractivity contribution in [2.75, 3.05) is 25.1 Å². The molecule has 2 aliphatic rings. The Kier molecular flexibility index (Phi) is 2.66. The number of rotatable bonds is 1. The summed E-state index contributed by atoms with van der Waals surface area (Å²) in [5.41, 5.74) is 2.13. The van der Waals surface area contributed by atoms with Gasteiger partial charge in [0.15, 0.2) is 11.5 Å². The number of hydrogen-bond donors (Lipinski definition) is 1. The molecule has 1 N–H and O–H groups in total. The summed E-state index contributed by atoms with van der Waals surface area (Å²) in [6.45, 7) is 1.93. The normalized spacial score (nSPS) is 19.5. The summed E-state index contributed by atoms with van der Waals surface area (Å²) in [5.74, 6) is 2.35. The van der Waals surface area contributed by atoms with Gasteiger partial charge >= 0.3 is 0 Å². The predicted octanol–water partition coefficient (Wildman–Crippen LogP) is 3.00. The molecular weight excluding hydrogens is 254 g/mol. The van der Waals surface area contributed by atoms with Gasteiger partial charge in [-0.05, 0) is 5.56 Å². The van der Waals surface area contributed by atoms with E-state index in [1.165, 1.54) is 5.56 Å². The van der Waals surface area contributed by atoms with Gasteiger partial charge in [0.25, 0.3) is 0 Å². The predicted molar refractivity (Wildman–Crippen MR) is 75.7 cm³/mol. The fourth-order valence-corrected chi connectivity index (χ4v) is 2.56. The number of hydrogen-bond acceptors (Lipinski definition) is 4. The molecule has 4 heteroatoms. The first-order chi connectivity index (χ1) is 9.90. The van der Waals surface area contributed by atoms with E-state index in [1.807, 2.05) is 30.3 Å². The third-order valence-corrected chi connectivity index (χ3v) is 3.56. The molecule has 0 aliphatic carbocycles. The van der Waals surface area contributed by atoms with Crippen molar-refractivity contribution in [3.63, 3.8) is 0 Å². The molecule has 2 aromatic carbocycles. The van der Waals surface area contributed by atoms with Crippen molar-refractivity contribution < 1.29 is 14.2 Å². The van der Waals surface area contributed by atoms with Crippen LogP contribution >= 0.6 is 0 Å². The molecule has 0 amide bonds. The summed E-state index contributed by atoms with van der Waals surface area (Å²) in [7, 11) is 0. The van der Waals surface area contributed by atoms with Crippen LogP contribution in [-0.2, 0) is 0 Å². The van der Waals surface area contributed by atoms with E-state index < -0.39 is 0 Å². The van der Waals surface area contributed by atoms with Crippen LogP contribution in [0, 0.1) is 0 Å². The van der Waals surface area contributed by atoms with E-state index >= 15 is 0 Å². The molecule has 4 rings (SSSR count). The summed E-state index contributed by atoms with van der Waals surface area (Å²) < 4.78 is 17.3. The van der Waals surface area contributed by atoms with Gasteiger partial charge in [0.05, 0.1) is 12.2 Å². The maximum absolute atomic E-state index is 6.09. The van der Waals surface area contributed by atoms with Crippen molar-refractivity contribution in [1.82, 2.24) is 0 Å². The molecule has 2 aliphatic heterocycles. The topological polar surface area (TPSA) is 39.7 Å². The molecule has 2 aromatic rings. The quantitative estimate of drug-likeness (QED) is 0.864. The van der Waals surface area contributed by atoms with E-state index in [1.54, 1.807) is 0 Å². The first-order valence-electron chi connectivity index (χ1n) is 6.79. The number of benzene rings is 2. The largest absolute Gasteiger partial charge is 0.486 e. The van der Waals surface area contributed by atoms with E-state index in [-0.39, 0.29) is 6.10 Å². The number of fused-ring (bicyclic) bond motifs is 2. The lowest BCUT2D eigenvalue weighted by Gasteiger charge is -2.29. The summed E-state index contributed by atoms with van der Waals surface area (Å²) in [6, 6.07) is 14.1. The molecule has 0 aromatic heterocycles. The van der Waals surface area contributed by atoms with Gasteiger partial charge in [-0.25, -0.2) is 0 Å². The first kappa shape index (κ1) is 11.5. The zero-order valence-corrected chi connectivity index (χ0v) is 11.0. The first-order valence-corrected chi connectivity index (χ1v) is 6.79. The number of ether oxygens (including phenoxy) is 3. The molecule has 0 saturated heterocycles. The Morgan fingerprint density at radius 2 is 1.65 bits per heavy atom. The monoisotopic (exact) mass is 269 g/mol. The minimum Gasteiger partial charge on any atom is -0.486 e. The molecule has 1 atom stereocenters. The molecule has 0 saturated carbocycles. The van der Waals surface area contributed by atoms with Gasteiger partial charge in [0.1, 0.15) is 25.1 Å². The second-order valence-corrected chi connectivity index (χ2v) is 4.89. The van der Waals surface area contributed by atoms with E-state index in [2.05, 4.69) is 17.4 Å². The molecule has 4 nitrogen and oxygen atoms in total. The summed E-state index contributed by atoms with van der Waals surface area (Å²) in [4.78, 5) is 0. The number of nitrogens with one attached hydrogen (secondary N) is 1. The maximum Gasteiger partial charge on any atom is 0.165 e. The number of anilines is 1. The van der Waals surface area contributed by atoms with Crippen LogP contribution in [0.5, 0.6) is 17.2 Å². The fourth-order valence-electron chi connectivity index (χ4n) is 2.56. The Labute approximate surface area is 117 Å². The van der Waals surface area contributed by atoms with Crippen LogP contribution in [0.25, 0.3) is 0 Å². The van der Waals surface area contributed by atoms with Crippen LogP contribution in [0.15, 0.2) is 42.5 Å². The lowest BCUT2D eigenvalue weighted by atomic mass is 10.1. The van der Waals surface area contributed by atoms with Crippen LogP contribution in [0.3, 0.4) is 0 Å². The molecule has 2 heterocycles. The lowest BCUT2D eigenvalue weighted by molar-refractivity contribution is 0.167. The van der Waals surface area contributed by atoms with Crippen LogP contribution < -0.4 is 19.5 Å². The average Bonchev–Trinajstić information content (AvgIpc) is 2.53. The standard InChI is InChI=1S/C16H15NO3/c1-2-4-11(5-3-1)16-10-17-12-8-14-15(9-13(12)20-16)19-7-6-18-14/h1-5,8-9,16-17H,6-7,10H2. The van der Waals surface area contributed by atoms with Crippen molar-refractivity contribution >= 4 is 5.69 Å². The second kappa shape index (κ2) is 4.63. The maximum atomic E-state index is 6.09. The van der Waals surface area contributed by atoms with Crippen molar-refractivity contribution in [2.24, 2.45) is 0 Å². The van der Waals surface area contributed by atoms with Crippen LogP contribution in [0.4, 0.5) is 5.69 Å². The zero-order valence-electron chi connectivity index (χ0n) is 11.0.